The summed E-state index contributed by atoms with van der Waals surface area (Å²) in [6.07, 6.45) is 7.03. The highest BCUT2D eigenvalue weighted by molar-refractivity contribution is 7.91. The molecule has 1 saturated carbocycles. The molecule has 0 saturated heterocycles. The largest absolute Gasteiger partial charge is 0.354 e. The van der Waals surface area contributed by atoms with Crippen LogP contribution >= 0.6 is 0 Å². The summed E-state index contributed by atoms with van der Waals surface area (Å²) in [5, 5.41) is 15.6. The first-order chi connectivity index (χ1) is 14.9. The van der Waals surface area contributed by atoms with Crippen LogP contribution in [0, 0.1) is 0 Å². The Hall–Kier alpha value is -2.79. The maximum absolute atomic E-state index is 13.0. The number of aromatic nitrogens is 3. The lowest BCUT2D eigenvalue weighted by Gasteiger charge is -2.16. The van der Waals surface area contributed by atoms with Crippen molar-refractivity contribution in [1.29, 1.82) is 0 Å². The number of nitrogens with one attached hydrogen (secondary N) is 2. The highest BCUT2D eigenvalue weighted by Crippen LogP contribution is 2.58. The average molecular weight is 442 g/mol. The molecule has 3 amide bonds. The van der Waals surface area contributed by atoms with Gasteiger partial charge >= 0.3 is 6.03 Å². The molecule has 1 atom stereocenters. The summed E-state index contributed by atoms with van der Waals surface area (Å²) in [5.74, 6) is -0.318. The van der Waals surface area contributed by atoms with Crippen molar-refractivity contribution in [3.05, 3.63) is 34.3 Å². The Kier molecular flexibility index (Phi) is 3.89. The number of hydrogen-bond donors (Lipinski definition) is 3. The fourth-order valence-electron chi connectivity index (χ4n) is 5.13. The molecule has 2 aromatic rings. The zero-order valence-electron chi connectivity index (χ0n) is 16.9. The van der Waals surface area contributed by atoms with Gasteiger partial charge in [-0.1, -0.05) is 0 Å². The maximum atomic E-state index is 13.0. The van der Waals surface area contributed by atoms with E-state index in [-0.39, 0.29) is 22.0 Å². The zero-order chi connectivity index (χ0) is 21.4. The number of nitrogens with two attached hydrogens (primary N) is 1. The van der Waals surface area contributed by atoms with Crippen LogP contribution in [-0.4, -0.2) is 37.5 Å². The molecule has 31 heavy (non-hydrogen) atoms. The van der Waals surface area contributed by atoms with Crippen molar-refractivity contribution in [3.63, 3.8) is 0 Å². The molecule has 162 valence electrons. The van der Waals surface area contributed by atoms with Crippen molar-refractivity contribution in [2.45, 2.75) is 61.9 Å². The van der Waals surface area contributed by atoms with Crippen LogP contribution in [0.5, 0.6) is 0 Å². The third-order valence-corrected chi connectivity index (χ3v) is 8.12. The summed E-state index contributed by atoms with van der Waals surface area (Å²) in [5.41, 5.74) is 5.59. The molecular formula is C20H23N7O3S. The van der Waals surface area contributed by atoms with Gasteiger partial charge in [0, 0.05) is 23.7 Å². The Morgan fingerprint density at radius 2 is 2.10 bits per heavy atom. The molecule has 3 heterocycles. The van der Waals surface area contributed by atoms with Crippen LogP contribution in [0.3, 0.4) is 0 Å². The molecule has 4 N–H and O–H groups in total. The number of pyridine rings is 1. The fraction of sp³-hybridized carbons (Fsp3) is 0.500. The molecule has 0 bridgehead atoms. The first-order valence-corrected chi connectivity index (χ1v) is 12.2. The lowest BCUT2D eigenvalue weighted by molar-refractivity contribution is 0.0924. The minimum Gasteiger partial charge on any atom is -0.349 e. The second kappa shape index (κ2) is 6.36. The summed E-state index contributed by atoms with van der Waals surface area (Å²) < 4.78 is 18.2. The van der Waals surface area contributed by atoms with Crippen LogP contribution in [0.15, 0.2) is 15.5 Å². The van der Waals surface area contributed by atoms with Crippen LogP contribution in [0.25, 0.3) is 0 Å². The molecule has 0 radical (unpaired) electrons. The molecule has 11 heteroatoms. The third kappa shape index (κ3) is 2.90. The van der Waals surface area contributed by atoms with Gasteiger partial charge in [-0.25, -0.2) is 14.1 Å². The lowest BCUT2D eigenvalue weighted by Crippen LogP contribution is -2.35. The van der Waals surface area contributed by atoms with E-state index in [9.17, 15) is 13.8 Å². The van der Waals surface area contributed by atoms with Gasteiger partial charge in [-0.3, -0.25) is 14.5 Å². The van der Waals surface area contributed by atoms with Gasteiger partial charge in [-0.15, -0.1) is 4.36 Å². The number of aryl methyl sites for hydroxylation is 1. The van der Waals surface area contributed by atoms with Crippen LogP contribution in [0.2, 0.25) is 0 Å². The molecule has 1 aliphatic heterocycles. The van der Waals surface area contributed by atoms with Crippen LogP contribution in [-0.2, 0) is 41.1 Å². The van der Waals surface area contributed by atoms with Gasteiger partial charge in [0.2, 0.25) is 0 Å². The van der Waals surface area contributed by atoms with Gasteiger partial charge in [-0.05, 0) is 56.1 Å². The molecule has 10 nitrogen and oxygen atoms in total. The monoisotopic (exact) mass is 441 g/mol. The SMILES string of the molecule is NS(=O)(=NC(=O)Nc1c2c(nc3c1CCC31CC1)CCC2)c1cc2n(n1)CCNC2=O. The second-order valence-corrected chi connectivity index (χ2v) is 10.5. The topological polar surface area (TPSA) is 144 Å². The summed E-state index contributed by atoms with van der Waals surface area (Å²) in [6.45, 7) is 0.871. The number of anilines is 1. The Labute approximate surface area is 179 Å². The van der Waals surface area contributed by atoms with Crippen LogP contribution in [0.1, 0.15) is 58.7 Å². The van der Waals surface area contributed by atoms with Crippen molar-refractivity contribution < 1.29 is 13.8 Å². The Bertz CT molecular complexity index is 1280. The lowest BCUT2D eigenvalue weighted by atomic mass is 10.0. The van der Waals surface area contributed by atoms with E-state index in [1.165, 1.54) is 10.7 Å². The molecule has 2 aromatic heterocycles. The van der Waals surface area contributed by atoms with Gasteiger partial charge in [0.1, 0.15) is 5.69 Å². The Morgan fingerprint density at radius 3 is 2.87 bits per heavy atom. The Morgan fingerprint density at radius 1 is 1.26 bits per heavy atom. The van der Waals surface area contributed by atoms with Crippen molar-refractivity contribution >= 4 is 27.5 Å². The molecule has 6 rings (SSSR count). The van der Waals surface area contributed by atoms with Crippen molar-refractivity contribution in [2.75, 3.05) is 11.9 Å². The minimum atomic E-state index is -3.60. The fourth-order valence-corrected chi connectivity index (χ4v) is 6.01. The molecular weight excluding hydrogens is 418 g/mol. The van der Waals surface area contributed by atoms with Gasteiger partial charge in [0.15, 0.2) is 14.9 Å². The number of rotatable bonds is 2. The summed E-state index contributed by atoms with van der Waals surface area (Å²) in [7, 11) is -3.60. The normalized spacial score (nSPS) is 21.6. The molecule has 1 spiro atoms. The average Bonchev–Trinajstić information content (AvgIpc) is 3.07. The van der Waals surface area contributed by atoms with Crippen molar-refractivity contribution in [3.8, 4) is 0 Å². The highest BCUT2D eigenvalue weighted by Gasteiger charge is 2.51. The number of hydrogen-bond acceptors (Lipinski definition) is 5. The zero-order valence-corrected chi connectivity index (χ0v) is 17.8. The minimum absolute atomic E-state index is 0.0724. The van der Waals surface area contributed by atoms with Crippen molar-refractivity contribution in [1.82, 2.24) is 20.1 Å². The number of fused-ring (bicyclic) bond motifs is 4. The van der Waals surface area contributed by atoms with E-state index in [2.05, 4.69) is 20.1 Å². The maximum Gasteiger partial charge on any atom is 0.354 e. The first-order valence-electron chi connectivity index (χ1n) is 10.6. The number of carbonyl (C=O) groups excluding carboxylic acids is 2. The number of amides is 3. The second-order valence-electron chi connectivity index (χ2n) is 8.81. The number of carbonyl (C=O) groups is 2. The standard InChI is InChI=1S/C20H23N7O3S/c21-31(30,15-10-14-18(28)22-8-9-27(14)25-15)26-19(29)24-16-11-2-1-3-13(11)23-17-12(16)4-5-20(17)6-7-20/h10H,1-9H2,(H,22,28)(H3,21,23,24,26,29,30). The quantitative estimate of drug-likeness (QED) is 0.645. The number of urea groups is 1. The highest BCUT2D eigenvalue weighted by atomic mass is 32.2. The third-order valence-electron chi connectivity index (χ3n) is 6.88. The summed E-state index contributed by atoms with van der Waals surface area (Å²) in [4.78, 5) is 29.7. The van der Waals surface area contributed by atoms with E-state index in [0.717, 1.165) is 73.1 Å². The Balaban J connectivity index is 1.35. The summed E-state index contributed by atoms with van der Waals surface area (Å²) >= 11 is 0. The van der Waals surface area contributed by atoms with Gasteiger partial charge in [0.25, 0.3) is 5.91 Å². The van der Waals surface area contributed by atoms with Gasteiger partial charge in [0.05, 0.1) is 17.9 Å². The molecule has 1 fully saturated rings. The van der Waals surface area contributed by atoms with Crippen LogP contribution < -0.4 is 15.8 Å². The molecule has 0 aromatic carbocycles. The van der Waals surface area contributed by atoms with E-state index >= 15 is 0 Å². The van der Waals surface area contributed by atoms with Gasteiger partial charge < -0.3 is 10.6 Å². The number of nitrogens with zero attached hydrogens (tertiary/aromatic N) is 4. The predicted octanol–water partition coefficient (Wildman–Crippen LogP) is 1.42. The molecule has 3 aliphatic carbocycles. The van der Waals surface area contributed by atoms with Gasteiger partial charge in [-0.2, -0.15) is 5.10 Å². The first kappa shape index (κ1) is 18.9. The van der Waals surface area contributed by atoms with E-state index in [4.69, 9.17) is 10.1 Å². The van der Waals surface area contributed by atoms with E-state index in [1.54, 1.807) is 0 Å². The van der Waals surface area contributed by atoms with Crippen molar-refractivity contribution in [2.24, 2.45) is 9.50 Å². The summed E-state index contributed by atoms with van der Waals surface area (Å²) in [6, 6.07) is 0.578. The van der Waals surface area contributed by atoms with E-state index < -0.39 is 15.9 Å². The smallest absolute Gasteiger partial charge is 0.349 e. The predicted molar refractivity (Wildman–Crippen MR) is 112 cm³/mol. The van der Waals surface area contributed by atoms with Crippen LogP contribution in [0.4, 0.5) is 10.5 Å². The molecule has 1 unspecified atom stereocenters. The van der Waals surface area contributed by atoms with E-state index in [1.807, 2.05) is 0 Å². The van der Waals surface area contributed by atoms with E-state index in [0.29, 0.717) is 13.1 Å². The molecule has 4 aliphatic rings.